The Morgan fingerprint density at radius 2 is 1.92 bits per heavy atom. The molecule has 0 aromatic carbocycles. The minimum Gasteiger partial charge on any atom is -0.321 e. The van der Waals surface area contributed by atoms with Crippen molar-refractivity contribution in [2.24, 2.45) is 5.73 Å². The van der Waals surface area contributed by atoms with Gasteiger partial charge in [0, 0.05) is 6.04 Å². The summed E-state index contributed by atoms with van der Waals surface area (Å²) in [5.74, 6) is 1.65. The third-order valence-corrected chi connectivity index (χ3v) is 1.71. The summed E-state index contributed by atoms with van der Waals surface area (Å²) in [4.78, 5) is 4.26. The molecule has 12 heavy (non-hydrogen) atoms. The fraction of sp³-hybridized carbons (Fsp3) is 0.750. The number of nitrogens with two attached hydrogens (primary N) is 1. The van der Waals surface area contributed by atoms with Crippen molar-refractivity contribution in [1.29, 1.82) is 0 Å². The van der Waals surface area contributed by atoms with Crippen LogP contribution in [0.3, 0.4) is 0 Å². The average molecular weight is 168 g/mol. The summed E-state index contributed by atoms with van der Waals surface area (Å²) in [6.45, 7) is 7.98. The third-order valence-electron chi connectivity index (χ3n) is 1.71. The van der Waals surface area contributed by atoms with Gasteiger partial charge in [0.05, 0.1) is 6.04 Å². The molecule has 4 nitrogen and oxygen atoms in total. The van der Waals surface area contributed by atoms with Gasteiger partial charge in [-0.15, -0.1) is 0 Å². The molecule has 1 unspecified atom stereocenters. The molecule has 2 N–H and O–H groups in total. The molecule has 1 aromatic heterocycles. The quantitative estimate of drug-likeness (QED) is 0.721. The van der Waals surface area contributed by atoms with Gasteiger partial charge in [-0.05, 0) is 27.7 Å². The van der Waals surface area contributed by atoms with E-state index >= 15 is 0 Å². The molecule has 4 heteroatoms. The molecule has 1 aromatic rings. The molecular formula is C8H16N4. The van der Waals surface area contributed by atoms with Crippen LogP contribution in [-0.4, -0.2) is 14.8 Å². The van der Waals surface area contributed by atoms with E-state index in [1.165, 1.54) is 0 Å². The second kappa shape index (κ2) is 3.23. The van der Waals surface area contributed by atoms with Gasteiger partial charge in [0.15, 0.2) is 5.82 Å². The van der Waals surface area contributed by atoms with Crippen molar-refractivity contribution < 1.29 is 0 Å². The molecular weight excluding hydrogens is 152 g/mol. The second-order valence-corrected chi connectivity index (χ2v) is 3.34. The van der Waals surface area contributed by atoms with Crippen molar-refractivity contribution in [3.05, 3.63) is 11.6 Å². The molecule has 0 aliphatic carbocycles. The molecule has 0 saturated carbocycles. The second-order valence-electron chi connectivity index (χ2n) is 3.34. The van der Waals surface area contributed by atoms with Crippen molar-refractivity contribution in [1.82, 2.24) is 14.8 Å². The Labute approximate surface area is 72.8 Å². The van der Waals surface area contributed by atoms with Gasteiger partial charge in [-0.3, -0.25) is 0 Å². The molecule has 0 radical (unpaired) electrons. The predicted octanol–water partition coefficient (Wildman–Crippen LogP) is 1.19. The van der Waals surface area contributed by atoms with Crippen LogP contribution < -0.4 is 5.73 Å². The van der Waals surface area contributed by atoms with E-state index in [9.17, 15) is 0 Å². The molecule has 0 bridgehead atoms. The lowest BCUT2D eigenvalue weighted by Crippen LogP contribution is -2.09. The highest BCUT2D eigenvalue weighted by Gasteiger charge is 2.10. The maximum absolute atomic E-state index is 5.66. The van der Waals surface area contributed by atoms with Crippen LogP contribution >= 0.6 is 0 Å². The zero-order valence-electron chi connectivity index (χ0n) is 8.07. The maximum atomic E-state index is 5.66. The first-order valence-corrected chi connectivity index (χ1v) is 4.21. The van der Waals surface area contributed by atoms with Gasteiger partial charge in [-0.2, -0.15) is 5.10 Å². The Bertz CT molecular complexity index is 262. The lowest BCUT2D eigenvalue weighted by atomic mass is 10.3. The smallest absolute Gasteiger partial charge is 0.167 e. The SMILES string of the molecule is Cc1nc(C(C)N)nn1C(C)C. The Morgan fingerprint density at radius 1 is 1.33 bits per heavy atom. The van der Waals surface area contributed by atoms with Crippen LogP contribution in [0.1, 0.15) is 44.5 Å². The van der Waals surface area contributed by atoms with Crippen LogP contribution in [0.25, 0.3) is 0 Å². The lowest BCUT2D eigenvalue weighted by Gasteiger charge is -2.05. The molecule has 0 saturated heterocycles. The first-order valence-electron chi connectivity index (χ1n) is 4.21. The highest BCUT2D eigenvalue weighted by Crippen LogP contribution is 2.09. The number of nitrogens with zero attached hydrogens (tertiary/aromatic N) is 3. The molecule has 1 rings (SSSR count). The van der Waals surface area contributed by atoms with E-state index in [0.29, 0.717) is 6.04 Å². The van der Waals surface area contributed by atoms with E-state index in [4.69, 9.17) is 5.73 Å². The van der Waals surface area contributed by atoms with Crippen LogP contribution in [0.2, 0.25) is 0 Å². The molecule has 1 heterocycles. The molecule has 0 amide bonds. The number of aryl methyl sites for hydroxylation is 1. The molecule has 0 aliphatic rings. The van der Waals surface area contributed by atoms with Gasteiger partial charge >= 0.3 is 0 Å². The number of rotatable bonds is 2. The standard InChI is InChI=1S/C8H16N4/c1-5(2)12-7(4)10-8(11-12)6(3)9/h5-6H,9H2,1-4H3. The highest BCUT2D eigenvalue weighted by atomic mass is 15.4. The number of aromatic nitrogens is 3. The number of hydrogen-bond donors (Lipinski definition) is 1. The summed E-state index contributed by atoms with van der Waals surface area (Å²) in [7, 11) is 0. The minimum atomic E-state index is -0.0799. The Kier molecular flexibility index (Phi) is 2.47. The fourth-order valence-electron chi connectivity index (χ4n) is 1.10. The fourth-order valence-corrected chi connectivity index (χ4v) is 1.10. The molecule has 68 valence electrons. The van der Waals surface area contributed by atoms with Gasteiger partial charge in [0.25, 0.3) is 0 Å². The van der Waals surface area contributed by atoms with Crippen molar-refractivity contribution >= 4 is 0 Å². The monoisotopic (exact) mass is 168 g/mol. The molecule has 0 aliphatic heterocycles. The van der Waals surface area contributed by atoms with Crippen molar-refractivity contribution in [2.75, 3.05) is 0 Å². The third kappa shape index (κ3) is 1.64. The van der Waals surface area contributed by atoms with Crippen LogP contribution in [0.4, 0.5) is 0 Å². The highest BCUT2D eigenvalue weighted by molar-refractivity contribution is 4.95. The normalized spacial score (nSPS) is 13.8. The van der Waals surface area contributed by atoms with Crippen LogP contribution in [0, 0.1) is 6.92 Å². The zero-order valence-corrected chi connectivity index (χ0v) is 8.07. The summed E-state index contributed by atoms with van der Waals surface area (Å²) in [5, 5.41) is 4.29. The van der Waals surface area contributed by atoms with Gasteiger partial charge in [0.1, 0.15) is 5.82 Å². The van der Waals surface area contributed by atoms with Gasteiger partial charge in [-0.25, -0.2) is 9.67 Å². The number of hydrogen-bond acceptors (Lipinski definition) is 3. The first kappa shape index (κ1) is 9.19. The molecule has 0 fully saturated rings. The average Bonchev–Trinajstić information content (AvgIpc) is 2.30. The van der Waals surface area contributed by atoms with Crippen LogP contribution in [-0.2, 0) is 0 Å². The topological polar surface area (TPSA) is 56.7 Å². The van der Waals surface area contributed by atoms with E-state index in [2.05, 4.69) is 23.9 Å². The Hall–Kier alpha value is -0.900. The minimum absolute atomic E-state index is 0.0799. The Morgan fingerprint density at radius 3 is 2.17 bits per heavy atom. The maximum Gasteiger partial charge on any atom is 0.167 e. The lowest BCUT2D eigenvalue weighted by molar-refractivity contribution is 0.509. The Balaban J connectivity index is 3.00. The predicted molar refractivity (Wildman–Crippen MR) is 47.7 cm³/mol. The van der Waals surface area contributed by atoms with Crippen molar-refractivity contribution in [3.8, 4) is 0 Å². The zero-order chi connectivity index (χ0) is 9.30. The van der Waals surface area contributed by atoms with E-state index in [-0.39, 0.29) is 6.04 Å². The summed E-state index contributed by atoms with van der Waals surface area (Å²) in [5.41, 5.74) is 5.66. The van der Waals surface area contributed by atoms with E-state index < -0.39 is 0 Å². The van der Waals surface area contributed by atoms with E-state index in [1.54, 1.807) is 0 Å². The first-order chi connectivity index (χ1) is 5.52. The van der Waals surface area contributed by atoms with E-state index in [1.807, 2.05) is 18.5 Å². The molecule has 1 atom stereocenters. The van der Waals surface area contributed by atoms with Crippen molar-refractivity contribution in [2.45, 2.75) is 39.8 Å². The summed E-state index contributed by atoms with van der Waals surface area (Å²) in [6.07, 6.45) is 0. The van der Waals surface area contributed by atoms with Crippen LogP contribution in [0.15, 0.2) is 0 Å². The van der Waals surface area contributed by atoms with Gasteiger partial charge < -0.3 is 5.73 Å². The van der Waals surface area contributed by atoms with Crippen molar-refractivity contribution in [3.63, 3.8) is 0 Å². The largest absolute Gasteiger partial charge is 0.321 e. The van der Waals surface area contributed by atoms with Gasteiger partial charge in [-0.1, -0.05) is 0 Å². The molecule has 0 spiro atoms. The van der Waals surface area contributed by atoms with Crippen LogP contribution in [0.5, 0.6) is 0 Å². The summed E-state index contributed by atoms with van der Waals surface area (Å²) in [6, 6.07) is 0.272. The van der Waals surface area contributed by atoms with E-state index in [0.717, 1.165) is 11.6 Å². The van der Waals surface area contributed by atoms with Gasteiger partial charge in [0.2, 0.25) is 0 Å². The summed E-state index contributed by atoms with van der Waals surface area (Å²) < 4.78 is 1.89. The summed E-state index contributed by atoms with van der Waals surface area (Å²) >= 11 is 0.